The molecule has 1 N–H and O–H groups in total. The van der Waals surface area contributed by atoms with Crippen molar-refractivity contribution in [1.29, 1.82) is 5.26 Å². The number of nitrogens with one attached hydrogen (secondary N) is 1. The number of carbonyl (C=O) groups excluding carboxylic acids is 1. The van der Waals surface area contributed by atoms with Crippen LogP contribution in [0.4, 0.5) is 4.39 Å². The van der Waals surface area contributed by atoms with Gasteiger partial charge in [0.15, 0.2) is 5.69 Å². The monoisotopic (exact) mass is 326 g/mol. The summed E-state index contributed by atoms with van der Waals surface area (Å²) in [6.45, 7) is 1.39. The third-order valence-corrected chi connectivity index (χ3v) is 4.39. The summed E-state index contributed by atoms with van der Waals surface area (Å²) in [7, 11) is 0. The molecule has 1 aromatic carbocycles. The Morgan fingerprint density at radius 3 is 3.08 bits per heavy atom. The number of hydrogen-bond donors (Lipinski definition) is 1. The summed E-state index contributed by atoms with van der Waals surface area (Å²) in [5, 5.41) is 15.9. The Morgan fingerprint density at radius 2 is 2.33 bits per heavy atom. The van der Waals surface area contributed by atoms with Crippen LogP contribution in [0.15, 0.2) is 24.3 Å². The van der Waals surface area contributed by atoms with Gasteiger partial charge in [-0.05, 0) is 24.1 Å². The van der Waals surface area contributed by atoms with Crippen LogP contribution in [-0.4, -0.2) is 28.3 Å². The maximum Gasteiger partial charge on any atom is 0.272 e. The minimum Gasteiger partial charge on any atom is -0.478 e. The quantitative estimate of drug-likeness (QED) is 0.935. The van der Waals surface area contributed by atoms with Gasteiger partial charge in [0.25, 0.3) is 5.91 Å². The summed E-state index contributed by atoms with van der Waals surface area (Å²) in [5.41, 5.74) is 1.16. The molecule has 0 bridgehead atoms. The molecule has 1 aliphatic heterocycles. The van der Waals surface area contributed by atoms with Crippen molar-refractivity contribution in [2.75, 3.05) is 6.61 Å². The third-order valence-electron chi connectivity index (χ3n) is 4.39. The first kappa shape index (κ1) is 14.7. The van der Waals surface area contributed by atoms with Crippen LogP contribution in [0.2, 0.25) is 0 Å². The molecule has 0 radical (unpaired) electrons. The van der Waals surface area contributed by atoms with Gasteiger partial charge in [-0.15, -0.1) is 0 Å². The van der Waals surface area contributed by atoms with Crippen molar-refractivity contribution in [3.63, 3.8) is 0 Å². The normalized spacial score (nSPS) is 21.3. The van der Waals surface area contributed by atoms with E-state index in [1.165, 1.54) is 12.1 Å². The Morgan fingerprint density at radius 1 is 1.46 bits per heavy atom. The van der Waals surface area contributed by atoms with Gasteiger partial charge in [-0.1, -0.05) is 6.07 Å². The molecule has 1 amide bonds. The minimum atomic E-state index is -0.522. The van der Waals surface area contributed by atoms with E-state index in [2.05, 4.69) is 10.4 Å². The fourth-order valence-corrected chi connectivity index (χ4v) is 3.00. The third kappa shape index (κ3) is 2.60. The first-order valence-corrected chi connectivity index (χ1v) is 7.87. The molecule has 1 fully saturated rings. The number of amides is 1. The van der Waals surface area contributed by atoms with E-state index in [9.17, 15) is 9.18 Å². The van der Waals surface area contributed by atoms with E-state index in [1.807, 2.05) is 0 Å². The zero-order chi connectivity index (χ0) is 16.7. The molecule has 2 atom stereocenters. The molecule has 2 aliphatic rings. The summed E-state index contributed by atoms with van der Waals surface area (Å²) in [4.78, 5) is 12.3. The van der Waals surface area contributed by atoms with Crippen molar-refractivity contribution in [3.8, 4) is 11.9 Å². The van der Waals surface area contributed by atoms with Crippen molar-refractivity contribution in [3.05, 3.63) is 46.9 Å². The van der Waals surface area contributed by atoms with Gasteiger partial charge in [0.05, 0.1) is 12.2 Å². The number of benzene rings is 1. The molecule has 2 heterocycles. The number of ether oxygens (including phenoxy) is 1. The molecule has 24 heavy (non-hydrogen) atoms. The molecule has 1 saturated carbocycles. The van der Waals surface area contributed by atoms with E-state index >= 15 is 0 Å². The maximum atomic E-state index is 13.7. The molecular formula is C17H15FN4O2. The van der Waals surface area contributed by atoms with Crippen LogP contribution in [0, 0.1) is 17.1 Å². The van der Waals surface area contributed by atoms with Gasteiger partial charge in [-0.3, -0.25) is 4.79 Å². The summed E-state index contributed by atoms with van der Waals surface area (Å²) < 4.78 is 20.8. The van der Waals surface area contributed by atoms with Crippen LogP contribution >= 0.6 is 0 Å². The second kappa shape index (κ2) is 5.64. The van der Waals surface area contributed by atoms with Crippen LogP contribution in [0.1, 0.15) is 40.4 Å². The number of fused-ring (bicyclic) bond motifs is 1. The number of aromatic nitrogens is 2. The van der Waals surface area contributed by atoms with Gasteiger partial charge >= 0.3 is 0 Å². The highest BCUT2D eigenvalue weighted by Crippen LogP contribution is 2.41. The van der Waals surface area contributed by atoms with Gasteiger partial charge in [0.2, 0.25) is 5.88 Å². The Kier molecular flexibility index (Phi) is 3.45. The fraction of sp³-hybridized carbons (Fsp3) is 0.353. The number of hydrogen-bond acceptors (Lipinski definition) is 4. The first-order valence-electron chi connectivity index (χ1n) is 7.87. The average Bonchev–Trinajstić information content (AvgIpc) is 3.20. The van der Waals surface area contributed by atoms with Crippen LogP contribution in [0.5, 0.6) is 5.88 Å². The number of nitriles is 1. The van der Waals surface area contributed by atoms with Crippen LogP contribution < -0.4 is 10.1 Å². The molecule has 6 nitrogen and oxygen atoms in total. The molecule has 7 heteroatoms. The van der Waals surface area contributed by atoms with E-state index in [-0.39, 0.29) is 23.4 Å². The predicted octanol–water partition coefficient (Wildman–Crippen LogP) is 1.96. The van der Waals surface area contributed by atoms with Crippen molar-refractivity contribution in [2.24, 2.45) is 0 Å². The molecule has 1 aliphatic carbocycles. The van der Waals surface area contributed by atoms with E-state index in [1.54, 1.807) is 22.9 Å². The van der Waals surface area contributed by atoms with Gasteiger partial charge in [0.1, 0.15) is 11.9 Å². The molecule has 122 valence electrons. The number of carbonyl (C=O) groups is 1. The molecule has 2 aromatic rings. The lowest BCUT2D eigenvalue weighted by Crippen LogP contribution is -2.27. The van der Waals surface area contributed by atoms with E-state index in [4.69, 9.17) is 10.00 Å². The maximum absolute atomic E-state index is 13.7. The highest BCUT2D eigenvalue weighted by Gasteiger charge is 2.40. The number of rotatable bonds is 3. The average molecular weight is 326 g/mol. The summed E-state index contributed by atoms with van der Waals surface area (Å²) in [6, 6.07) is 8.00. The highest BCUT2D eigenvalue weighted by atomic mass is 19.1. The van der Waals surface area contributed by atoms with Crippen molar-refractivity contribution >= 4 is 5.91 Å². The molecule has 0 spiro atoms. The molecule has 4 rings (SSSR count). The first-order chi connectivity index (χ1) is 11.7. The Hall–Kier alpha value is -2.88. The Bertz CT molecular complexity index is 831. The largest absolute Gasteiger partial charge is 0.478 e. The lowest BCUT2D eigenvalue weighted by Gasteiger charge is -2.13. The van der Waals surface area contributed by atoms with E-state index in [0.717, 1.165) is 24.9 Å². The summed E-state index contributed by atoms with van der Waals surface area (Å²) >= 11 is 0. The lowest BCUT2D eigenvalue weighted by atomic mass is 10.1. The molecular weight excluding hydrogens is 311 g/mol. The molecule has 2 unspecified atom stereocenters. The standard InChI is InChI=1S/C17H15FN4O2/c18-13-6-10(2-3-11(13)9-19)12-7-14(12)20-17(23)15-8-16-22(21-15)4-1-5-24-16/h2-3,6,8,12,14H,1,4-5,7H2,(H,20,23). The number of nitrogens with zero attached hydrogens (tertiary/aromatic N) is 3. The van der Waals surface area contributed by atoms with Gasteiger partial charge in [-0.2, -0.15) is 10.4 Å². The van der Waals surface area contributed by atoms with E-state index < -0.39 is 5.82 Å². The second-order valence-electron chi connectivity index (χ2n) is 6.07. The van der Waals surface area contributed by atoms with Crippen molar-refractivity contribution in [2.45, 2.75) is 31.3 Å². The topological polar surface area (TPSA) is 79.9 Å². The number of halogens is 1. The minimum absolute atomic E-state index is 0.0311. The summed E-state index contributed by atoms with van der Waals surface area (Å²) in [5.74, 6) is -0.0781. The smallest absolute Gasteiger partial charge is 0.272 e. The van der Waals surface area contributed by atoms with Crippen LogP contribution in [0.25, 0.3) is 0 Å². The van der Waals surface area contributed by atoms with Gasteiger partial charge in [0, 0.05) is 31.0 Å². The predicted molar refractivity (Wildman–Crippen MR) is 82.1 cm³/mol. The summed E-state index contributed by atoms with van der Waals surface area (Å²) in [6.07, 6.45) is 1.63. The van der Waals surface area contributed by atoms with Crippen LogP contribution in [-0.2, 0) is 6.54 Å². The Balaban J connectivity index is 1.42. The van der Waals surface area contributed by atoms with Crippen molar-refractivity contribution < 1.29 is 13.9 Å². The number of aryl methyl sites for hydroxylation is 1. The fourth-order valence-electron chi connectivity index (χ4n) is 3.00. The van der Waals surface area contributed by atoms with Gasteiger partial charge in [-0.25, -0.2) is 9.07 Å². The second-order valence-corrected chi connectivity index (χ2v) is 6.07. The van der Waals surface area contributed by atoms with Crippen LogP contribution in [0.3, 0.4) is 0 Å². The van der Waals surface area contributed by atoms with Crippen molar-refractivity contribution in [1.82, 2.24) is 15.1 Å². The Labute approximate surface area is 137 Å². The zero-order valence-corrected chi connectivity index (χ0v) is 12.8. The molecule has 0 saturated heterocycles. The lowest BCUT2D eigenvalue weighted by molar-refractivity contribution is 0.0944. The highest BCUT2D eigenvalue weighted by molar-refractivity contribution is 5.93. The SMILES string of the molecule is N#Cc1ccc(C2CC2NC(=O)c2cc3n(n2)CCCO3)cc1F. The zero-order valence-electron chi connectivity index (χ0n) is 12.8. The van der Waals surface area contributed by atoms with Gasteiger partial charge < -0.3 is 10.1 Å². The van der Waals surface area contributed by atoms with E-state index in [0.29, 0.717) is 18.2 Å². The molecule has 1 aromatic heterocycles.